The van der Waals surface area contributed by atoms with Gasteiger partial charge in [-0.2, -0.15) is 0 Å². The van der Waals surface area contributed by atoms with Crippen LogP contribution in [0, 0.1) is 6.92 Å². The number of hydrogen-bond acceptors (Lipinski definition) is 6. The molecule has 0 aliphatic carbocycles. The molecular weight excluding hydrogens is 302 g/mol. The highest BCUT2D eigenvalue weighted by molar-refractivity contribution is 5.58. The molecule has 1 saturated heterocycles. The second-order valence-corrected chi connectivity index (χ2v) is 6.44. The summed E-state index contributed by atoms with van der Waals surface area (Å²) in [5, 5.41) is 0. The Bertz CT molecular complexity index is 872. The summed E-state index contributed by atoms with van der Waals surface area (Å²) in [5.74, 6) is 1.66. The van der Waals surface area contributed by atoms with Crippen LogP contribution >= 0.6 is 0 Å². The number of imidazole rings is 1. The van der Waals surface area contributed by atoms with E-state index in [2.05, 4.69) is 38.7 Å². The molecule has 0 aromatic carbocycles. The molecule has 1 atom stereocenters. The van der Waals surface area contributed by atoms with Gasteiger partial charge in [-0.15, -0.1) is 0 Å². The lowest BCUT2D eigenvalue weighted by Gasteiger charge is -2.39. The van der Waals surface area contributed by atoms with E-state index in [0.29, 0.717) is 11.9 Å². The lowest BCUT2D eigenvalue weighted by Crippen LogP contribution is -2.50. The molecule has 0 N–H and O–H groups in total. The van der Waals surface area contributed by atoms with Gasteiger partial charge < -0.3 is 9.80 Å². The first-order chi connectivity index (χ1) is 11.6. The van der Waals surface area contributed by atoms with Crippen LogP contribution in [0.2, 0.25) is 0 Å². The highest BCUT2D eigenvalue weighted by atomic mass is 15.3. The molecule has 1 aliphatic heterocycles. The molecular formula is C17H21N7. The van der Waals surface area contributed by atoms with Crippen molar-refractivity contribution in [3.05, 3.63) is 36.5 Å². The van der Waals surface area contributed by atoms with E-state index in [4.69, 9.17) is 4.98 Å². The first-order valence-corrected chi connectivity index (χ1v) is 8.20. The number of nitrogens with zero attached hydrogens (tertiary/aromatic N) is 7. The van der Waals surface area contributed by atoms with Gasteiger partial charge in [-0.05, 0) is 27.0 Å². The van der Waals surface area contributed by atoms with Crippen molar-refractivity contribution in [3.63, 3.8) is 0 Å². The highest BCUT2D eigenvalue weighted by Crippen LogP contribution is 2.22. The predicted molar refractivity (Wildman–Crippen MR) is 93.1 cm³/mol. The number of likely N-dealkylation sites (N-methyl/N-ethyl adjacent to an activating group) is 1. The zero-order chi connectivity index (χ0) is 16.7. The normalized spacial score (nSPS) is 19.1. The van der Waals surface area contributed by atoms with Gasteiger partial charge in [-0.3, -0.25) is 9.38 Å². The number of rotatable bonds is 2. The van der Waals surface area contributed by atoms with Crippen molar-refractivity contribution >= 4 is 11.5 Å². The van der Waals surface area contributed by atoms with Crippen LogP contribution in [0.1, 0.15) is 12.6 Å². The molecule has 7 nitrogen and oxygen atoms in total. The smallest absolute Gasteiger partial charge is 0.180 e. The van der Waals surface area contributed by atoms with Crippen LogP contribution in [0.4, 0.5) is 5.82 Å². The first kappa shape index (κ1) is 15.0. The fourth-order valence-electron chi connectivity index (χ4n) is 3.26. The van der Waals surface area contributed by atoms with Crippen molar-refractivity contribution < 1.29 is 0 Å². The van der Waals surface area contributed by atoms with E-state index in [1.54, 1.807) is 6.20 Å². The number of fused-ring (bicyclic) bond motifs is 1. The average Bonchev–Trinajstić information content (AvgIpc) is 2.98. The summed E-state index contributed by atoms with van der Waals surface area (Å²) in [4.78, 5) is 22.7. The van der Waals surface area contributed by atoms with Crippen molar-refractivity contribution in [1.29, 1.82) is 0 Å². The average molecular weight is 323 g/mol. The number of aromatic nitrogens is 5. The largest absolute Gasteiger partial charge is 0.351 e. The SMILES string of the molecule is Cc1cn2c(-c3nccc(N4CCN(C)CC4C)n3)cnc2cn1. The molecule has 4 heterocycles. The van der Waals surface area contributed by atoms with Gasteiger partial charge in [-0.25, -0.2) is 15.0 Å². The third-order valence-electron chi connectivity index (χ3n) is 4.52. The first-order valence-electron chi connectivity index (χ1n) is 8.20. The standard InChI is InChI=1S/C17H21N7/c1-12-10-24-14(8-20-16(24)9-19-12)17-18-5-4-15(21-17)23-7-6-22(3)11-13(23)2/h4-5,8-10,13H,6-7,11H2,1-3H3. The van der Waals surface area contributed by atoms with Gasteiger partial charge in [0.25, 0.3) is 0 Å². The van der Waals surface area contributed by atoms with Crippen molar-refractivity contribution in [2.45, 2.75) is 19.9 Å². The monoisotopic (exact) mass is 323 g/mol. The Morgan fingerprint density at radius 1 is 1.12 bits per heavy atom. The van der Waals surface area contributed by atoms with Gasteiger partial charge in [-0.1, -0.05) is 0 Å². The van der Waals surface area contributed by atoms with Crippen molar-refractivity contribution in [1.82, 2.24) is 29.2 Å². The lowest BCUT2D eigenvalue weighted by atomic mass is 10.2. The third-order valence-corrected chi connectivity index (χ3v) is 4.52. The molecule has 124 valence electrons. The Kier molecular flexibility index (Phi) is 3.65. The van der Waals surface area contributed by atoms with Gasteiger partial charge in [0.05, 0.1) is 18.1 Å². The van der Waals surface area contributed by atoms with E-state index in [0.717, 1.165) is 42.5 Å². The Hall–Kier alpha value is -2.54. The molecule has 1 aliphatic rings. The zero-order valence-corrected chi connectivity index (χ0v) is 14.2. The highest BCUT2D eigenvalue weighted by Gasteiger charge is 2.23. The van der Waals surface area contributed by atoms with Crippen LogP contribution in [0.25, 0.3) is 17.2 Å². The minimum atomic E-state index is 0.431. The van der Waals surface area contributed by atoms with E-state index in [1.807, 2.05) is 36.0 Å². The van der Waals surface area contributed by atoms with Crippen LogP contribution in [0.5, 0.6) is 0 Å². The van der Waals surface area contributed by atoms with Crippen molar-refractivity contribution in [2.75, 3.05) is 31.6 Å². The summed E-state index contributed by atoms with van der Waals surface area (Å²) in [7, 11) is 2.16. The molecule has 4 rings (SSSR count). The summed E-state index contributed by atoms with van der Waals surface area (Å²) >= 11 is 0. The number of anilines is 1. The second-order valence-electron chi connectivity index (χ2n) is 6.44. The molecule has 24 heavy (non-hydrogen) atoms. The Morgan fingerprint density at radius 3 is 2.83 bits per heavy atom. The second kappa shape index (κ2) is 5.83. The maximum absolute atomic E-state index is 4.81. The summed E-state index contributed by atoms with van der Waals surface area (Å²) < 4.78 is 1.99. The molecule has 0 bridgehead atoms. The molecule has 1 unspecified atom stereocenters. The summed E-state index contributed by atoms with van der Waals surface area (Å²) in [5.41, 5.74) is 2.63. The quantitative estimate of drug-likeness (QED) is 0.714. The molecule has 0 saturated carbocycles. The maximum Gasteiger partial charge on any atom is 0.180 e. The van der Waals surface area contributed by atoms with Crippen LogP contribution in [-0.4, -0.2) is 62.0 Å². The van der Waals surface area contributed by atoms with Gasteiger partial charge in [0.2, 0.25) is 0 Å². The van der Waals surface area contributed by atoms with E-state index >= 15 is 0 Å². The molecule has 0 spiro atoms. The van der Waals surface area contributed by atoms with Crippen LogP contribution < -0.4 is 4.90 Å². The van der Waals surface area contributed by atoms with Crippen LogP contribution in [-0.2, 0) is 0 Å². The molecule has 3 aromatic rings. The summed E-state index contributed by atoms with van der Waals surface area (Å²) in [6.07, 6.45) is 7.37. The molecule has 0 radical (unpaired) electrons. The molecule has 1 fully saturated rings. The lowest BCUT2D eigenvalue weighted by molar-refractivity contribution is 0.274. The summed E-state index contributed by atoms with van der Waals surface area (Å²) in [6, 6.07) is 2.42. The van der Waals surface area contributed by atoms with E-state index < -0.39 is 0 Å². The van der Waals surface area contributed by atoms with Gasteiger partial charge in [0, 0.05) is 38.1 Å². The van der Waals surface area contributed by atoms with Gasteiger partial charge >= 0.3 is 0 Å². The fraction of sp³-hybridized carbons (Fsp3) is 0.412. The Balaban J connectivity index is 1.73. The van der Waals surface area contributed by atoms with Gasteiger partial charge in [0.15, 0.2) is 11.5 Å². The maximum atomic E-state index is 4.81. The minimum Gasteiger partial charge on any atom is -0.351 e. The Morgan fingerprint density at radius 2 is 2.00 bits per heavy atom. The molecule has 7 heteroatoms. The number of piperazine rings is 1. The Labute approximate surface area is 141 Å². The van der Waals surface area contributed by atoms with Gasteiger partial charge in [0.1, 0.15) is 11.5 Å². The third kappa shape index (κ3) is 2.60. The summed E-state index contributed by atoms with van der Waals surface area (Å²) in [6.45, 7) is 7.27. The number of hydrogen-bond donors (Lipinski definition) is 0. The fourth-order valence-corrected chi connectivity index (χ4v) is 3.26. The van der Waals surface area contributed by atoms with E-state index in [1.165, 1.54) is 0 Å². The minimum absolute atomic E-state index is 0.431. The topological polar surface area (TPSA) is 62.5 Å². The van der Waals surface area contributed by atoms with E-state index in [-0.39, 0.29) is 0 Å². The zero-order valence-electron chi connectivity index (χ0n) is 14.2. The van der Waals surface area contributed by atoms with Crippen molar-refractivity contribution in [2.24, 2.45) is 0 Å². The number of aryl methyl sites for hydroxylation is 1. The van der Waals surface area contributed by atoms with Crippen molar-refractivity contribution in [3.8, 4) is 11.5 Å². The molecule has 0 amide bonds. The van der Waals surface area contributed by atoms with Crippen LogP contribution in [0.3, 0.4) is 0 Å². The predicted octanol–water partition coefficient (Wildman–Crippen LogP) is 1.64. The molecule has 3 aromatic heterocycles. The van der Waals surface area contributed by atoms with E-state index in [9.17, 15) is 0 Å². The van der Waals surface area contributed by atoms with Crippen LogP contribution in [0.15, 0.2) is 30.9 Å².